The lowest BCUT2D eigenvalue weighted by Gasteiger charge is -2.27. The van der Waals surface area contributed by atoms with E-state index < -0.39 is 0 Å². The molecule has 32 heavy (non-hydrogen) atoms. The molecule has 1 saturated heterocycles. The summed E-state index contributed by atoms with van der Waals surface area (Å²) < 4.78 is 13.0. The fraction of sp³-hybridized carbons (Fsp3) is 0.435. The minimum atomic E-state index is -0.163. The number of para-hydroxylation sites is 1. The van der Waals surface area contributed by atoms with Gasteiger partial charge in [-0.2, -0.15) is 0 Å². The van der Waals surface area contributed by atoms with E-state index in [9.17, 15) is 4.79 Å². The molecule has 1 aromatic carbocycles. The molecule has 0 saturated carbocycles. The van der Waals surface area contributed by atoms with Crippen LogP contribution in [0.25, 0.3) is 0 Å². The maximum atomic E-state index is 12.7. The fourth-order valence-corrected chi connectivity index (χ4v) is 4.67. The van der Waals surface area contributed by atoms with Crippen molar-refractivity contribution in [1.29, 1.82) is 0 Å². The molecule has 3 heterocycles. The second kappa shape index (κ2) is 10.6. The summed E-state index contributed by atoms with van der Waals surface area (Å²) in [4.78, 5) is 14.9. The van der Waals surface area contributed by atoms with E-state index in [4.69, 9.17) is 9.15 Å². The highest BCUT2D eigenvalue weighted by molar-refractivity contribution is 7.99. The third kappa shape index (κ3) is 5.27. The molecule has 0 aliphatic carbocycles. The lowest BCUT2D eigenvalue weighted by atomic mass is 10.1. The highest BCUT2D eigenvalue weighted by atomic mass is 32.2. The molecule has 9 heteroatoms. The van der Waals surface area contributed by atoms with Gasteiger partial charge in [0.15, 0.2) is 5.16 Å². The zero-order chi connectivity index (χ0) is 22.3. The van der Waals surface area contributed by atoms with Gasteiger partial charge in [-0.1, -0.05) is 30.0 Å². The highest BCUT2D eigenvalue weighted by Crippen LogP contribution is 2.27. The molecule has 8 nitrogen and oxygen atoms in total. The first-order valence-electron chi connectivity index (χ1n) is 10.9. The number of carbonyl (C=O) groups excluding carboxylic acids is 1. The number of thioether (sulfide) groups is 1. The van der Waals surface area contributed by atoms with Crippen LogP contribution in [-0.4, -0.2) is 46.6 Å². The number of carbonyl (C=O) groups is 1. The average molecular weight is 456 g/mol. The van der Waals surface area contributed by atoms with Crippen molar-refractivity contribution in [2.24, 2.45) is 0 Å². The smallest absolute Gasteiger partial charge is 0.230 e. The number of amides is 1. The Hall–Kier alpha value is -2.94. The number of ether oxygens (including phenoxy) is 1. The number of hydrogen-bond acceptors (Lipinski definition) is 7. The van der Waals surface area contributed by atoms with E-state index in [0.29, 0.717) is 11.7 Å². The Kier molecular flexibility index (Phi) is 7.36. The Labute approximate surface area is 192 Å². The van der Waals surface area contributed by atoms with Gasteiger partial charge in [0.05, 0.1) is 31.7 Å². The third-order valence-corrected chi connectivity index (χ3v) is 6.51. The third-order valence-electron chi connectivity index (χ3n) is 5.55. The van der Waals surface area contributed by atoms with Crippen molar-refractivity contribution >= 4 is 23.6 Å². The minimum Gasteiger partial charge on any atom is -0.496 e. The highest BCUT2D eigenvalue weighted by Gasteiger charge is 2.22. The van der Waals surface area contributed by atoms with Crippen LogP contribution in [0, 0.1) is 0 Å². The molecule has 1 fully saturated rings. The predicted octanol–water partition coefficient (Wildman–Crippen LogP) is 3.89. The van der Waals surface area contributed by atoms with Crippen molar-refractivity contribution in [1.82, 2.24) is 20.1 Å². The maximum Gasteiger partial charge on any atom is 0.230 e. The van der Waals surface area contributed by atoms with Crippen molar-refractivity contribution in [2.45, 2.75) is 43.9 Å². The van der Waals surface area contributed by atoms with Gasteiger partial charge in [-0.15, -0.1) is 10.2 Å². The summed E-state index contributed by atoms with van der Waals surface area (Å²) in [5.41, 5.74) is 0.946. The molecule has 170 valence electrons. The molecule has 1 atom stereocenters. The predicted molar refractivity (Wildman–Crippen MR) is 124 cm³/mol. The van der Waals surface area contributed by atoms with E-state index in [0.717, 1.165) is 49.0 Å². The summed E-state index contributed by atoms with van der Waals surface area (Å²) in [6, 6.07) is 11.4. The summed E-state index contributed by atoms with van der Waals surface area (Å²) in [6.07, 6.45) is 5.22. The van der Waals surface area contributed by atoms with Gasteiger partial charge in [0.25, 0.3) is 0 Å². The number of methoxy groups -OCH3 is 1. The Morgan fingerprint density at radius 1 is 1.19 bits per heavy atom. The summed E-state index contributed by atoms with van der Waals surface area (Å²) in [6.45, 7) is 4.43. The molecule has 1 aliphatic heterocycles. The van der Waals surface area contributed by atoms with Crippen molar-refractivity contribution < 1.29 is 13.9 Å². The molecule has 4 rings (SSSR count). The Morgan fingerprint density at radius 2 is 2.00 bits per heavy atom. The quantitative estimate of drug-likeness (QED) is 0.490. The Morgan fingerprint density at radius 3 is 2.75 bits per heavy atom. The van der Waals surface area contributed by atoms with Gasteiger partial charge in [0.2, 0.25) is 11.9 Å². The number of benzene rings is 1. The molecule has 0 radical (unpaired) electrons. The lowest BCUT2D eigenvalue weighted by molar-refractivity contribution is -0.119. The molecule has 1 N–H and O–H groups in total. The molecule has 1 unspecified atom stereocenters. The number of rotatable bonds is 9. The van der Waals surface area contributed by atoms with Gasteiger partial charge in [0, 0.05) is 18.7 Å². The second-order valence-corrected chi connectivity index (χ2v) is 8.76. The van der Waals surface area contributed by atoms with Crippen molar-refractivity contribution in [2.75, 3.05) is 30.9 Å². The number of anilines is 1. The molecular weight excluding hydrogens is 426 g/mol. The second-order valence-electron chi connectivity index (χ2n) is 7.82. The zero-order valence-corrected chi connectivity index (χ0v) is 19.3. The van der Waals surface area contributed by atoms with E-state index in [1.807, 2.05) is 47.9 Å². The van der Waals surface area contributed by atoms with E-state index in [-0.39, 0.29) is 17.7 Å². The van der Waals surface area contributed by atoms with Crippen LogP contribution in [0.5, 0.6) is 5.75 Å². The van der Waals surface area contributed by atoms with Gasteiger partial charge in [0.1, 0.15) is 11.5 Å². The molecule has 0 bridgehead atoms. The van der Waals surface area contributed by atoms with E-state index in [2.05, 4.69) is 20.4 Å². The van der Waals surface area contributed by atoms with Gasteiger partial charge in [-0.05, 0) is 44.4 Å². The fourth-order valence-electron chi connectivity index (χ4n) is 3.93. The Bertz CT molecular complexity index is 1010. The number of aromatic nitrogens is 3. The summed E-state index contributed by atoms with van der Waals surface area (Å²) >= 11 is 1.39. The lowest BCUT2D eigenvalue weighted by Crippen LogP contribution is -2.32. The number of furan rings is 1. The van der Waals surface area contributed by atoms with Gasteiger partial charge < -0.3 is 19.4 Å². The van der Waals surface area contributed by atoms with Crippen LogP contribution >= 0.6 is 11.8 Å². The van der Waals surface area contributed by atoms with Crippen molar-refractivity contribution in [3.8, 4) is 5.75 Å². The normalized spacial score (nSPS) is 14.9. The van der Waals surface area contributed by atoms with Crippen LogP contribution in [-0.2, 0) is 11.3 Å². The summed E-state index contributed by atoms with van der Waals surface area (Å²) in [5.74, 6) is 2.61. The molecular formula is C23H29N5O3S. The van der Waals surface area contributed by atoms with Crippen LogP contribution in [0.2, 0.25) is 0 Å². The zero-order valence-electron chi connectivity index (χ0n) is 18.5. The van der Waals surface area contributed by atoms with Gasteiger partial charge in [-0.25, -0.2) is 0 Å². The SMILES string of the molecule is COc1ccccc1C(C)NC(=O)CSc1nnc(N2CCCCC2)n1Cc1ccco1. The van der Waals surface area contributed by atoms with E-state index >= 15 is 0 Å². The topological polar surface area (TPSA) is 85.4 Å². The first kappa shape index (κ1) is 22.3. The Balaban J connectivity index is 1.44. The number of nitrogens with zero attached hydrogens (tertiary/aromatic N) is 4. The van der Waals surface area contributed by atoms with Crippen LogP contribution in [0.15, 0.2) is 52.2 Å². The minimum absolute atomic E-state index is 0.0690. The number of nitrogens with one attached hydrogen (secondary N) is 1. The van der Waals surface area contributed by atoms with Gasteiger partial charge in [-0.3, -0.25) is 9.36 Å². The number of piperidine rings is 1. The van der Waals surface area contributed by atoms with E-state index in [1.165, 1.54) is 18.2 Å². The molecule has 0 spiro atoms. The maximum absolute atomic E-state index is 12.7. The van der Waals surface area contributed by atoms with Crippen LogP contribution in [0.3, 0.4) is 0 Å². The van der Waals surface area contributed by atoms with Gasteiger partial charge >= 0.3 is 0 Å². The first-order chi connectivity index (χ1) is 15.7. The molecule has 1 aliphatic rings. The van der Waals surface area contributed by atoms with Crippen LogP contribution in [0.1, 0.15) is 43.6 Å². The monoisotopic (exact) mass is 455 g/mol. The molecule has 1 amide bonds. The largest absolute Gasteiger partial charge is 0.496 e. The van der Waals surface area contributed by atoms with Crippen LogP contribution < -0.4 is 15.0 Å². The average Bonchev–Trinajstić information content (AvgIpc) is 3.48. The van der Waals surface area contributed by atoms with E-state index in [1.54, 1.807) is 13.4 Å². The van der Waals surface area contributed by atoms with Crippen molar-refractivity contribution in [3.63, 3.8) is 0 Å². The molecule has 3 aromatic rings. The summed E-state index contributed by atoms with van der Waals surface area (Å²) in [7, 11) is 1.63. The molecule has 2 aromatic heterocycles. The first-order valence-corrected chi connectivity index (χ1v) is 11.9. The van der Waals surface area contributed by atoms with Crippen LogP contribution in [0.4, 0.5) is 5.95 Å². The summed E-state index contributed by atoms with van der Waals surface area (Å²) in [5, 5.41) is 12.6. The standard InChI is InChI=1S/C23H29N5O3S/c1-17(19-10-4-5-11-20(19)30-2)24-21(29)16-32-23-26-25-22(27-12-6-3-7-13-27)28(23)15-18-9-8-14-31-18/h4-5,8-11,14,17H,3,6-7,12-13,15-16H2,1-2H3,(H,24,29). The number of hydrogen-bond donors (Lipinski definition) is 1. The van der Waals surface area contributed by atoms with Crippen molar-refractivity contribution in [3.05, 3.63) is 54.0 Å².